The van der Waals surface area contributed by atoms with Crippen LogP contribution < -0.4 is 5.43 Å². The molecule has 3 aromatic carbocycles. The largest absolute Gasteiger partial charge is 0.507 e. The Morgan fingerprint density at radius 1 is 0.929 bits per heavy atom. The van der Waals surface area contributed by atoms with Crippen molar-refractivity contribution in [3.63, 3.8) is 0 Å². The van der Waals surface area contributed by atoms with Crippen molar-refractivity contribution in [1.82, 2.24) is 5.43 Å². The molecule has 4 heteroatoms. The van der Waals surface area contributed by atoms with Crippen LogP contribution in [0.15, 0.2) is 71.8 Å². The second-order valence-electron chi connectivity index (χ2n) is 6.86. The van der Waals surface area contributed by atoms with Gasteiger partial charge in [0.25, 0.3) is 5.91 Å². The van der Waals surface area contributed by atoms with Crippen molar-refractivity contribution in [2.75, 3.05) is 0 Å². The lowest BCUT2D eigenvalue weighted by atomic mass is 10.0. The first-order valence-corrected chi connectivity index (χ1v) is 9.83. The van der Waals surface area contributed by atoms with E-state index in [0.29, 0.717) is 5.39 Å². The number of amides is 1. The lowest BCUT2D eigenvalue weighted by Crippen LogP contribution is -2.20. The highest BCUT2D eigenvalue weighted by molar-refractivity contribution is 6.10. The first-order valence-electron chi connectivity index (χ1n) is 9.83. The minimum Gasteiger partial charge on any atom is -0.507 e. The molecule has 0 aliphatic heterocycles. The van der Waals surface area contributed by atoms with Crippen molar-refractivity contribution in [3.8, 4) is 5.75 Å². The van der Waals surface area contributed by atoms with Crippen LogP contribution in [0.3, 0.4) is 0 Å². The normalized spacial score (nSPS) is 11.5. The molecule has 28 heavy (non-hydrogen) atoms. The lowest BCUT2D eigenvalue weighted by Gasteiger charge is -2.10. The maximum atomic E-state index is 12.8. The van der Waals surface area contributed by atoms with Crippen molar-refractivity contribution in [2.24, 2.45) is 5.10 Å². The van der Waals surface area contributed by atoms with E-state index >= 15 is 0 Å². The van der Waals surface area contributed by atoms with Gasteiger partial charge in [0.15, 0.2) is 0 Å². The number of hydrogen-bond acceptors (Lipinski definition) is 3. The van der Waals surface area contributed by atoms with E-state index in [0.717, 1.165) is 35.9 Å². The van der Waals surface area contributed by atoms with Crippen molar-refractivity contribution >= 4 is 22.4 Å². The number of fused-ring (bicyclic) bond motifs is 1. The summed E-state index contributed by atoms with van der Waals surface area (Å²) in [6.45, 7) is 2.18. The number of hydrazone groups is 1. The standard InChI is InChI=1S/C24H26N2O2/c1-2-3-4-8-15-21(19-12-6-5-7-13-19)25-26-24(28)23-20-14-10-9-11-18(20)16-17-22(23)27/h5-7,9-14,16-17,27H,2-4,8,15H2,1H3,(H,26,28). The zero-order valence-electron chi connectivity index (χ0n) is 16.2. The van der Waals surface area contributed by atoms with Gasteiger partial charge in [-0.05, 0) is 35.2 Å². The average Bonchev–Trinajstić information content (AvgIpc) is 2.73. The van der Waals surface area contributed by atoms with E-state index in [4.69, 9.17) is 0 Å². The van der Waals surface area contributed by atoms with Gasteiger partial charge in [0.05, 0.1) is 11.3 Å². The van der Waals surface area contributed by atoms with Gasteiger partial charge in [-0.25, -0.2) is 5.43 Å². The number of hydrogen-bond donors (Lipinski definition) is 2. The molecule has 3 aromatic rings. The summed E-state index contributed by atoms with van der Waals surface area (Å²) in [6.07, 6.45) is 5.33. The zero-order chi connectivity index (χ0) is 19.8. The summed E-state index contributed by atoms with van der Waals surface area (Å²) in [5.41, 5.74) is 4.76. The quantitative estimate of drug-likeness (QED) is 0.304. The number of phenolic OH excluding ortho intramolecular Hbond substituents is 1. The van der Waals surface area contributed by atoms with Gasteiger partial charge in [-0.3, -0.25) is 4.79 Å². The molecule has 0 heterocycles. The molecule has 0 aliphatic carbocycles. The van der Waals surface area contributed by atoms with E-state index in [1.807, 2.05) is 54.6 Å². The van der Waals surface area contributed by atoms with Crippen LogP contribution in [0.2, 0.25) is 0 Å². The SMILES string of the molecule is CCCCCCC(=NNC(=O)c1c(O)ccc2ccccc12)c1ccccc1. The molecule has 3 rings (SSSR count). The molecule has 1 amide bonds. The molecule has 0 spiro atoms. The average molecular weight is 374 g/mol. The van der Waals surface area contributed by atoms with Crippen molar-refractivity contribution in [1.29, 1.82) is 0 Å². The topological polar surface area (TPSA) is 61.7 Å². The van der Waals surface area contributed by atoms with Gasteiger partial charge in [-0.15, -0.1) is 0 Å². The Hall–Kier alpha value is -3.14. The molecule has 0 aromatic heterocycles. The molecular weight excluding hydrogens is 348 g/mol. The lowest BCUT2D eigenvalue weighted by molar-refractivity contribution is 0.0954. The van der Waals surface area contributed by atoms with Crippen molar-refractivity contribution in [3.05, 3.63) is 77.9 Å². The summed E-state index contributed by atoms with van der Waals surface area (Å²) in [4.78, 5) is 12.8. The number of benzene rings is 3. The molecule has 0 fully saturated rings. The van der Waals surface area contributed by atoms with E-state index in [9.17, 15) is 9.90 Å². The summed E-state index contributed by atoms with van der Waals surface area (Å²) in [5, 5.41) is 16.3. The predicted octanol–water partition coefficient (Wildman–Crippen LogP) is 5.65. The highest BCUT2D eigenvalue weighted by Crippen LogP contribution is 2.27. The number of rotatable bonds is 8. The summed E-state index contributed by atoms with van der Waals surface area (Å²) in [7, 11) is 0. The summed E-state index contributed by atoms with van der Waals surface area (Å²) >= 11 is 0. The first kappa shape index (κ1) is 19.6. The van der Waals surface area contributed by atoms with E-state index in [1.165, 1.54) is 12.8 Å². The highest BCUT2D eigenvalue weighted by atomic mass is 16.3. The first-order chi connectivity index (χ1) is 13.7. The van der Waals surface area contributed by atoms with Gasteiger partial charge >= 0.3 is 0 Å². The third-order valence-electron chi connectivity index (χ3n) is 4.80. The molecule has 0 saturated heterocycles. The second kappa shape index (κ2) is 9.70. The molecule has 4 nitrogen and oxygen atoms in total. The Kier molecular flexibility index (Phi) is 6.79. The van der Waals surface area contributed by atoms with Gasteiger partial charge in [-0.2, -0.15) is 5.10 Å². The Morgan fingerprint density at radius 2 is 1.68 bits per heavy atom. The molecule has 0 saturated carbocycles. The fourth-order valence-corrected chi connectivity index (χ4v) is 3.29. The smallest absolute Gasteiger partial charge is 0.275 e. The maximum absolute atomic E-state index is 12.8. The molecule has 0 unspecified atom stereocenters. The van der Waals surface area contributed by atoms with Crippen LogP contribution in [0.25, 0.3) is 10.8 Å². The number of nitrogens with one attached hydrogen (secondary N) is 1. The van der Waals surface area contributed by atoms with Crippen molar-refractivity contribution < 1.29 is 9.90 Å². The van der Waals surface area contributed by atoms with Crippen molar-refractivity contribution in [2.45, 2.75) is 39.0 Å². The van der Waals surface area contributed by atoms with Gasteiger partial charge in [0.1, 0.15) is 5.75 Å². The van der Waals surface area contributed by atoms with Gasteiger partial charge in [0.2, 0.25) is 0 Å². The number of carbonyl (C=O) groups excluding carboxylic acids is 1. The number of nitrogens with zero attached hydrogens (tertiary/aromatic N) is 1. The maximum Gasteiger partial charge on any atom is 0.275 e. The van der Waals surface area contributed by atoms with Gasteiger partial charge < -0.3 is 5.11 Å². The number of carbonyl (C=O) groups is 1. The van der Waals surface area contributed by atoms with E-state index in [2.05, 4.69) is 17.5 Å². The zero-order valence-corrected chi connectivity index (χ0v) is 16.2. The highest BCUT2D eigenvalue weighted by Gasteiger charge is 2.15. The minimum atomic E-state index is -0.406. The Morgan fingerprint density at radius 3 is 2.46 bits per heavy atom. The minimum absolute atomic E-state index is 0.0457. The third kappa shape index (κ3) is 4.77. The predicted molar refractivity (Wildman–Crippen MR) is 115 cm³/mol. The van der Waals surface area contributed by atoms with Gasteiger partial charge in [-0.1, -0.05) is 86.8 Å². The Balaban J connectivity index is 1.84. The van der Waals surface area contributed by atoms with Crippen LogP contribution in [0.4, 0.5) is 0 Å². The summed E-state index contributed by atoms with van der Waals surface area (Å²) in [5.74, 6) is -0.452. The fourth-order valence-electron chi connectivity index (χ4n) is 3.29. The number of aromatic hydroxyl groups is 1. The second-order valence-corrected chi connectivity index (χ2v) is 6.86. The van der Waals surface area contributed by atoms with Crippen LogP contribution >= 0.6 is 0 Å². The number of unbranched alkanes of at least 4 members (excludes halogenated alkanes) is 3. The number of phenols is 1. The molecule has 0 radical (unpaired) electrons. The summed E-state index contributed by atoms with van der Waals surface area (Å²) < 4.78 is 0. The fraction of sp³-hybridized carbons (Fsp3) is 0.250. The molecule has 2 N–H and O–H groups in total. The van der Waals surface area contributed by atoms with Gasteiger partial charge in [0, 0.05) is 0 Å². The van der Waals surface area contributed by atoms with Crippen LogP contribution in [-0.2, 0) is 0 Å². The van der Waals surface area contributed by atoms with Crippen LogP contribution in [0.5, 0.6) is 5.75 Å². The molecule has 144 valence electrons. The van der Waals surface area contributed by atoms with E-state index < -0.39 is 5.91 Å². The molecule has 0 bridgehead atoms. The Labute approximate surface area is 165 Å². The molecular formula is C24H26N2O2. The van der Waals surface area contributed by atoms with E-state index in [-0.39, 0.29) is 11.3 Å². The Bertz CT molecular complexity index is 965. The van der Waals surface area contributed by atoms with Crippen LogP contribution in [-0.4, -0.2) is 16.7 Å². The summed E-state index contributed by atoms with van der Waals surface area (Å²) in [6, 6.07) is 20.7. The van der Waals surface area contributed by atoms with Crippen LogP contribution in [0.1, 0.15) is 54.9 Å². The molecule has 0 atom stereocenters. The molecule has 0 aliphatic rings. The third-order valence-corrected chi connectivity index (χ3v) is 4.80. The van der Waals surface area contributed by atoms with Crippen LogP contribution in [0, 0.1) is 0 Å². The monoisotopic (exact) mass is 374 g/mol. The van der Waals surface area contributed by atoms with E-state index in [1.54, 1.807) is 12.1 Å².